The number of sulfonamides is 1. The van der Waals surface area contributed by atoms with Crippen LogP contribution in [0.15, 0.2) is 53.4 Å². The number of ether oxygens (including phenoxy) is 2. The van der Waals surface area contributed by atoms with Gasteiger partial charge in [-0.15, -0.1) is 0 Å². The highest BCUT2D eigenvalue weighted by Gasteiger charge is 2.24. The maximum atomic E-state index is 12.5. The molecule has 6 nitrogen and oxygen atoms in total. The molecule has 0 bridgehead atoms. The minimum Gasteiger partial charge on any atom is -0.465 e. The molecule has 1 N–H and O–H groups in total. The van der Waals surface area contributed by atoms with Crippen LogP contribution in [0.5, 0.6) is 5.75 Å². The summed E-state index contributed by atoms with van der Waals surface area (Å²) in [5.41, 5.74) is -0.364. The number of para-hydroxylation sites is 2. The zero-order valence-electron chi connectivity index (χ0n) is 12.4. The summed E-state index contributed by atoms with van der Waals surface area (Å²) in [6, 6.07) is 10.7. The van der Waals surface area contributed by atoms with E-state index in [2.05, 4.69) is 14.2 Å². The van der Waals surface area contributed by atoms with Gasteiger partial charge in [-0.2, -0.15) is 8.78 Å². The molecule has 2 aromatic rings. The number of methoxy groups -OCH3 is 1. The van der Waals surface area contributed by atoms with Crippen LogP contribution in [0, 0.1) is 0 Å². The number of esters is 1. The van der Waals surface area contributed by atoms with Crippen molar-refractivity contribution in [2.45, 2.75) is 11.5 Å². The molecule has 128 valence electrons. The van der Waals surface area contributed by atoms with Gasteiger partial charge in [-0.05, 0) is 24.3 Å². The Balaban J connectivity index is 2.42. The molecule has 0 aliphatic rings. The summed E-state index contributed by atoms with van der Waals surface area (Å²) in [6.07, 6.45) is 0. The Kier molecular flexibility index (Phi) is 5.35. The number of hydrogen-bond donors (Lipinski definition) is 1. The van der Waals surface area contributed by atoms with Gasteiger partial charge < -0.3 is 9.47 Å². The summed E-state index contributed by atoms with van der Waals surface area (Å²) in [7, 11) is -3.12. The minimum atomic E-state index is -4.23. The molecule has 0 saturated heterocycles. The number of carbonyl (C=O) groups is 1. The van der Waals surface area contributed by atoms with Gasteiger partial charge in [-0.25, -0.2) is 13.2 Å². The number of nitrogens with one attached hydrogen (secondary N) is 1. The standard InChI is InChI=1S/C15H13F2NO5S/c1-22-14(19)10-6-2-5-9-13(10)24(20,21)18-11-7-3-4-8-12(11)23-15(16)17/h2-9,15,18H,1H3. The van der Waals surface area contributed by atoms with E-state index in [0.717, 1.165) is 7.11 Å². The third-order valence-electron chi connectivity index (χ3n) is 2.93. The Morgan fingerprint density at radius 3 is 2.38 bits per heavy atom. The molecule has 0 fully saturated rings. The fraction of sp³-hybridized carbons (Fsp3) is 0.133. The quantitative estimate of drug-likeness (QED) is 0.804. The van der Waals surface area contributed by atoms with Gasteiger partial charge >= 0.3 is 12.6 Å². The van der Waals surface area contributed by atoms with Crippen LogP contribution in [-0.2, 0) is 14.8 Å². The van der Waals surface area contributed by atoms with Gasteiger partial charge in [0.2, 0.25) is 0 Å². The fourth-order valence-electron chi connectivity index (χ4n) is 1.93. The number of benzene rings is 2. The average Bonchev–Trinajstić information content (AvgIpc) is 2.55. The monoisotopic (exact) mass is 357 g/mol. The molecule has 0 amide bonds. The Hall–Kier alpha value is -2.68. The van der Waals surface area contributed by atoms with Crippen molar-refractivity contribution in [3.8, 4) is 5.75 Å². The summed E-state index contributed by atoms with van der Waals surface area (Å²) in [5.74, 6) is -1.18. The summed E-state index contributed by atoms with van der Waals surface area (Å²) in [5, 5.41) is 0. The lowest BCUT2D eigenvalue weighted by molar-refractivity contribution is -0.0493. The number of rotatable bonds is 6. The highest BCUT2D eigenvalue weighted by molar-refractivity contribution is 7.92. The fourth-order valence-corrected chi connectivity index (χ4v) is 3.20. The molecule has 24 heavy (non-hydrogen) atoms. The number of anilines is 1. The molecular weight excluding hydrogens is 344 g/mol. The van der Waals surface area contributed by atoms with Crippen LogP contribution in [0.25, 0.3) is 0 Å². The summed E-state index contributed by atoms with van der Waals surface area (Å²) in [4.78, 5) is 11.4. The third-order valence-corrected chi connectivity index (χ3v) is 4.35. The smallest absolute Gasteiger partial charge is 0.387 e. The van der Waals surface area contributed by atoms with Gasteiger partial charge in [0.15, 0.2) is 0 Å². The Labute approximate surface area is 137 Å². The number of carbonyl (C=O) groups excluding carboxylic acids is 1. The Morgan fingerprint density at radius 1 is 1.08 bits per heavy atom. The van der Waals surface area contributed by atoms with Gasteiger partial charge in [-0.1, -0.05) is 24.3 Å². The molecule has 2 rings (SSSR count). The summed E-state index contributed by atoms with van der Waals surface area (Å²) < 4.78 is 60.8. The molecular formula is C15H13F2NO5S. The minimum absolute atomic E-state index is 0.181. The molecule has 0 aliphatic carbocycles. The lowest BCUT2D eigenvalue weighted by atomic mass is 10.2. The first kappa shape index (κ1) is 17.7. The lowest BCUT2D eigenvalue weighted by Gasteiger charge is -2.14. The molecule has 0 heterocycles. The van der Waals surface area contributed by atoms with Gasteiger partial charge in [0, 0.05) is 0 Å². The van der Waals surface area contributed by atoms with Crippen LogP contribution in [0.1, 0.15) is 10.4 Å². The average molecular weight is 357 g/mol. The highest BCUT2D eigenvalue weighted by atomic mass is 32.2. The van der Waals surface area contributed by atoms with E-state index in [1.807, 2.05) is 0 Å². The molecule has 0 unspecified atom stereocenters. The first-order valence-corrected chi connectivity index (χ1v) is 8.07. The molecule has 0 spiro atoms. The molecule has 0 radical (unpaired) electrons. The molecule has 0 saturated carbocycles. The first-order chi connectivity index (χ1) is 11.3. The summed E-state index contributed by atoms with van der Waals surface area (Å²) in [6.45, 7) is -3.11. The van der Waals surface area contributed by atoms with E-state index in [-0.39, 0.29) is 21.9 Å². The van der Waals surface area contributed by atoms with Gasteiger partial charge in [-0.3, -0.25) is 4.72 Å². The van der Waals surface area contributed by atoms with Gasteiger partial charge in [0.1, 0.15) is 10.6 Å². The summed E-state index contributed by atoms with van der Waals surface area (Å²) >= 11 is 0. The van der Waals surface area contributed by atoms with E-state index in [4.69, 9.17) is 0 Å². The Bertz CT molecular complexity index is 839. The van der Waals surface area contributed by atoms with Gasteiger partial charge in [0.25, 0.3) is 10.0 Å². The maximum absolute atomic E-state index is 12.5. The van der Waals surface area contributed by atoms with E-state index in [9.17, 15) is 22.0 Å². The van der Waals surface area contributed by atoms with Gasteiger partial charge in [0.05, 0.1) is 18.4 Å². The highest BCUT2D eigenvalue weighted by Crippen LogP contribution is 2.28. The zero-order valence-corrected chi connectivity index (χ0v) is 13.2. The predicted molar refractivity (Wildman–Crippen MR) is 81.7 cm³/mol. The third kappa shape index (κ3) is 3.99. The van der Waals surface area contributed by atoms with Crippen LogP contribution in [0.2, 0.25) is 0 Å². The van der Waals surface area contributed by atoms with E-state index < -0.39 is 22.6 Å². The largest absolute Gasteiger partial charge is 0.465 e. The maximum Gasteiger partial charge on any atom is 0.387 e. The van der Waals surface area contributed by atoms with Crippen LogP contribution in [0.3, 0.4) is 0 Å². The van der Waals surface area contributed by atoms with Crippen molar-refractivity contribution in [1.82, 2.24) is 0 Å². The normalized spacial score (nSPS) is 11.2. The second-order valence-electron chi connectivity index (χ2n) is 4.47. The number of alkyl halides is 2. The zero-order chi connectivity index (χ0) is 17.7. The van der Waals surface area contributed by atoms with Crippen LogP contribution in [-0.4, -0.2) is 28.1 Å². The van der Waals surface area contributed by atoms with Crippen molar-refractivity contribution >= 4 is 21.7 Å². The van der Waals surface area contributed by atoms with Crippen molar-refractivity contribution in [2.75, 3.05) is 11.8 Å². The number of halogens is 2. The van der Waals surface area contributed by atoms with Crippen LogP contribution >= 0.6 is 0 Å². The molecule has 0 aromatic heterocycles. The SMILES string of the molecule is COC(=O)c1ccccc1S(=O)(=O)Nc1ccccc1OC(F)F. The van der Waals surface area contributed by atoms with Crippen molar-refractivity contribution in [3.05, 3.63) is 54.1 Å². The topological polar surface area (TPSA) is 81.7 Å². The van der Waals surface area contributed by atoms with E-state index >= 15 is 0 Å². The van der Waals surface area contributed by atoms with Crippen molar-refractivity contribution in [1.29, 1.82) is 0 Å². The molecule has 0 aliphatic heterocycles. The van der Waals surface area contributed by atoms with Crippen LogP contribution in [0.4, 0.5) is 14.5 Å². The van der Waals surface area contributed by atoms with Crippen LogP contribution < -0.4 is 9.46 Å². The van der Waals surface area contributed by atoms with Crippen molar-refractivity contribution in [2.24, 2.45) is 0 Å². The van der Waals surface area contributed by atoms with E-state index in [0.29, 0.717) is 0 Å². The molecule has 9 heteroatoms. The Morgan fingerprint density at radius 2 is 1.71 bits per heavy atom. The second-order valence-corrected chi connectivity index (χ2v) is 6.12. The predicted octanol–water partition coefficient (Wildman–Crippen LogP) is 2.88. The first-order valence-electron chi connectivity index (χ1n) is 6.59. The number of hydrogen-bond acceptors (Lipinski definition) is 5. The van der Waals surface area contributed by atoms with E-state index in [1.54, 1.807) is 0 Å². The molecule has 0 atom stereocenters. The molecule has 2 aromatic carbocycles. The van der Waals surface area contributed by atoms with E-state index in [1.165, 1.54) is 48.5 Å². The van der Waals surface area contributed by atoms with Crippen molar-refractivity contribution < 1.29 is 31.5 Å². The van der Waals surface area contributed by atoms with Crippen molar-refractivity contribution in [3.63, 3.8) is 0 Å². The second kappa shape index (κ2) is 7.26. The lowest BCUT2D eigenvalue weighted by Crippen LogP contribution is -2.18.